The smallest absolute Gasteiger partial charge is 0.243 e. The van der Waals surface area contributed by atoms with Crippen molar-refractivity contribution in [2.45, 2.75) is 33.2 Å². The predicted molar refractivity (Wildman–Crippen MR) is 98.4 cm³/mol. The van der Waals surface area contributed by atoms with Gasteiger partial charge in [-0.25, -0.2) is 9.98 Å². The van der Waals surface area contributed by atoms with E-state index in [2.05, 4.69) is 27.5 Å². The van der Waals surface area contributed by atoms with Crippen LogP contribution in [0.15, 0.2) is 11.2 Å². The lowest BCUT2D eigenvalue weighted by Gasteiger charge is -2.13. The van der Waals surface area contributed by atoms with E-state index < -0.39 is 0 Å². The Bertz CT molecular complexity index is 516. The van der Waals surface area contributed by atoms with E-state index in [0.29, 0.717) is 19.1 Å². The molecule has 0 fully saturated rings. The van der Waals surface area contributed by atoms with Crippen molar-refractivity contribution < 1.29 is 9.53 Å². The largest absolute Gasteiger partial charge is 0.382 e. The topological polar surface area (TPSA) is 78.8 Å². The Morgan fingerprint density at radius 2 is 2.17 bits per heavy atom. The standard InChI is InChI=1S/C16H29N5O2S/c1-5-13-10-18-14(24-13)11-19-16(17-8-7-9-23-6-2)20-12-15(22)21(3)4/h10H,5-9,11-12H2,1-4H3,(H2,17,19,20). The van der Waals surface area contributed by atoms with Gasteiger partial charge in [-0.3, -0.25) is 4.79 Å². The van der Waals surface area contributed by atoms with Crippen LogP contribution in [-0.2, 0) is 22.5 Å². The van der Waals surface area contributed by atoms with Gasteiger partial charge in [0.2, 0.25) is 5.91 Å². The number of thiazole rings is 1. The van der Waals surface area contributed by atoms with Crippen molar-refractivity contribution in [2.75, 3.05) is 40.4 Å². The lowest BCUT2D eigenvalue weighted by molar-refractivity contribution is -0.127. The van der Waals surface area contributed by atoms with Gasteiger partial charge in [0.1, 0.15) is 11.6 Å². The average Bonchev–Trinajstić information content (AvgIpc) is 3.04. The highest BCUT2D eigenvalue weighted by Gasteiger charge is 2.06. The monoisotopic (exact) mass is 355 g/mol. The zero-order valence-corrected chi connectivity index (χ0v) is 15.9. The van der Waals surface area contributed by atoms with E-state index in [0.717, 1.165) is 31.0 Å². The van der Waals surface area contributed by atoms with E-state index >= 15 is 0 Å². The summed E-state index contributed by atoms with van der Waals surface area (Å²) in [5.41, 5.74) is 0. The number of nitrogens with zero attached hydrogens (tertiary/aromatic N) is 3. The number of aliphatic imine (C=N–C) groups is 1. The van der Waals surface area contributed by atoms with Gasteiger partial charge in [0.15, 0.2) is 5.96 Å². The molecule has 1 heterocycles. The fourth-order valence-electron chi connectivity index (χ4n) is 1.74. The van der Waals surface area contributed by atoms with Crippen molar-refractivity contribution in [1.29, 1.82) is 0 Å². The first-order valence-electron chi connectivity index (χ1n) is 8.30. The fourth-order valence-corrected chi connectivity index (χ4v) is 2.54. The molecule has 0 spiro atoms. The number of carbonyl (C=O) groups is 1. The molecule has 0 aliphatic carbocycles. The number of aryl methyl sites for hydroxylation is 1. The molecular formula is C16H29N5O2S. The van der Waals surface area contributed by atoms with Crippen LogP contribution >= 0.6 is 11.3 Å². The number of guanidine groups is 1. The van der Waals surface area contributed by atoms with E-state index in [-0.39, 0.29) is 12.5 Å². The van der Waals surface area contributed by atoms with E-state index in [1.807, 2.05) is 13.1 Å². The average molecular weight is 356 g/mol. The zero-order chi connectivity index (χ0) is 17.8. The summed E-state index contributed by atoms with van der Waals surface area (Å²) < 4.78 is 5.32. The molecule has 1 rings (SSSR count). The molecule has 0 atom stereocenters. The predicted octanol–water partition coefficient (Wildman–Crippen LogP) is 1.26. The number of amides is 1. The van der Waals surface area contributed by atoms with Crippen LogP contribution in [0.5, 0.6) is 0 Å². The number of aromatic nitrogens is 1. The molecule has 1 aromatic heterocycles. The van der Waals surface area contributed by atoms with Crippen LogP contribution in [-0.4, -0.2) is 62.1 Å². The first-order chi connectivity index (χ1) is 11.6. The highest BCUT2D eigenvalue weighted by Crippen LogP contribution is 2.12. The summed E-state index contributed by atoms with van der Waals surface area (Å²) in [7, 11) is 3.45. The van der Waals surface area contributed by atoms with Crippen LogP contribution in [0.2, 0.25) is 0 Å². The number of likely N-dealkylation sites (N-methyl/N-ethyl adjacent to an activating group) is 1. The van der Waals surface area contributed by atoms with E-state index in [4.69, 9.17) is 4.74 Å². The third kappa shape index (κ3) is 8.26. The number of carbonyl (C=O) groups excluding carboxylic acids is 1. The maximum Gasteiger partial charge on any atom is 0.243 e. The van der Waals surface area contributed by atoms with Crippen molar-refractivity contribution in [2.24, 2.45) is 4.99 Å². The zero-order valence-electron chi connectivity index (χ0n) is 15.1. The molecule has 0 unspecified atom stereocenters. The second-order valence-electron chi connectivity index (χ2n) is 5.36. The Morgan fingerprint density at radius 1 is 1.38 bits per heavy atom. The van der Waals surface area contributed by atoms with Crippen molar-refractivity contribution in [1.82, 2.24) is 20.5 Å². The second-order valence-corrected chi connectivity index (χ2v) is 6.56. The first kappa shape index (κ1) is 20.4. The number of ether oxygens (including phenoxy) is 1. The van der Waals surface area contributed by atoms with Gasteiger partial charge in [-0.15, -0.1) is 11.3 Å². The normalized spacial score (nSPS) is 11.4. The first-order valence-corrected chi connectivity index (χ1v) is 9.12. The Hall–Kier alpha value is -1.67. The summed E-state index contributed by atoms with van der Waals surface area (Å²) in [5, 5.41) is 7.47. The summed E-state index contributed by atoms with van der Waals surface area (Å²) in [5.74, 6) is 0.586. The SMILES string of the molecule is CCOCCCNC(=NCC(=O)N(C)C)NCc1ncc(CC)s1. The molecule has 0 aliphatic heterocycles. The van der Waals surface area contributed by atoms with Gasteiger partial charge in [-0.05, 0) is 19.8 Å². The summed E-state index contributed by atoms with van der Waals surface area (Å²) in [4.78, 5) is 23.2. The quantitative estimate of drug-likeness (QED) is 0.375. The molecule has 0 radical (unpaired) electrons. The summed E-state index contributed by atoms with van der Waals surface area (Å²) in [6.07, 6.45) is 3.78. The molecule has 24 heavy (non-hydrogen) atoms. The van der Waals surface area contributed by atoms with Crippen molar-refractivity contribution in [3.05, 3.63) is 16.1 Å². The van der Waals surface area contributed by atoms with Gasteiger partial charge >= 0.3 is 0 Å². The van der Waals surface area contributed by atoms with Gasteiger partial charge in [-0.1, -0.05) is 6.92 Å². The molecule has 0 aromatic carbocycles. The minimum atomic E-state index is -0.0343. The summed E-state index contributed by atoms with van der Waals surface area (Å²) in [6, 6.07) is 0. The molecular weight excluding hydrogens is 326 g/mol. The van der Waals surface area contributed by atoms with Crippen molar-refractivity contribution in [3.63, 3.8) is 0 Å². The van der Waals surface area contributed by atoms with Crippen LogP contribution < -0.4 is 10.6 Å². The van der Waals surface area contributed by atoms with E-state index in [1.54, 1.807) is 25.4 Å². The molecule has 8 heteroatoms. The molecule has 7 nitrogen and oxygen atoms in total. The Labute approximate surface area is 148 Å². The van der Waals surface area contributed by atoms with Crippen LogP contribution in [0, 0.1) is 0 Å². The van der Waals surface area contributed by atoms with E-state index in [1.165, 1.54) is 9.78 Å². The van der Waals surface area contributed by atoms with Crippen molar-refractivity contribution in [3.8, 4) is 0 Å². The van der Waals surface area contributed by atoms with Gasteiger partial charge in [-0.2, -0.15) is 0 Å². The Kier molecular flexibility index (Phi) is 10.0. The molecule has 2 N–H and O–H groups in total. The highest BCUT2D eigenvalue weighted by molar-refractivity contribution is 7.11. The molecule has 0 saturated carbocycles. The molecule has 0 aliphatic rings. The van der Waals surface area contributed by atoms with Crippen LogP contribution in [0.4, 0.5) is 0 Å². The van der Waals surface area contributed by atoms with Gasteiger partial charge in [0, 0.05) is 44.9 Å². The minimum Gasteiger partial charge on any atom is -0.382 e. The maximum atomic E-state index is 11.7. The summed E-state index contributed by atoms with van der Waals surface area (Å²) >= 11 is 1.69. The maximum absolute atomic E-state index is 11.7. The van der Waals surface area contributed by atoms with Crippen LogP contribution in [0.25, 0.3) is 0 Å². The molecule has 0 bridgehead atoms. The minimum absolute atomic E-state index is 0.0343. The van der Waals surface area contributed by atoms with Gasteiger partial charge < -0.3 is 20.3 Å². The lowest BCUT2D eigenvalue weighted by Crippen LogP contribution is -2.39. The van der Waals surface area contributed by atoms with Gasteiger partial charge in [0.05, 0.1) is 6.54 Å². The summed E-state index contributed by atoms with van der Waals surface area (Å²) in [6.45, 7) is 6.97. The molecule has 1 amide bonds. The number of hydrogen-bond donors (Lipinski definition) is 2. The number of nitrogens with one attached hydrogen (secondary N) is 2. The lowest BCUT2D eigenvalue weighted by atomic mass is 10.4. The molecule has 1 aromatic rings. The highest BCUT2D eigenvalue weighted by atomic mass is 32.1. The fraction of sp³-hybridized carbons (Fsp3) is 0.688. The van der Waals surface area contributed by atoms with E-state index in [9.17, 15) is 4.79 Å². The van der Waals surface area contributed by atoms with Crippen LogP contribution in [0.3, 0.4) is 0 Å². The Morgan fingerprint density at radius 3 is 2.79 bits per heavy atom. The third-order valence-corrected chi connectivity index (χ3v) is 4.33. The second kappa shape index (κ2) is 11.8. The van der Waals surface area contributed by atoms with Gasteiger partial charge in [0.25, 0.3) is 0 Å². The third-order valence-electron chi connectivity index (χ3n) is 3.19. The van der Waals surface area contributed by atoms with Crippen molar-refractivity contribution >= 4 is 23.2 Å². The van der Waals surface area contributed by atoms with Crippen LogP contribution in [0.1, 0.15) is 30.2 Å². The molecule has 136 valence electrons. The molecule has 0 saturated heterocycles. The number of rotatable bonds is 10. The Balaban J connectivity index is 2.51. The number of hydrogen-bond acceptors (Lipinski definition) is 5.